The number of hydrogen-bond donors (Lipinski definition) is 0. The van der Waals surface area contributed by atoms with Gasteiger partial charge in [0.25, 0.3) is 0 Å². The molecule has 0 heterocycles. The lowest BCUT2D eigenvalue weighted by Crippen LogP contribution is -2.54. The zero-order chi connectivity index (χ0) is 15.4. The molecule has 3 nitrogen and oxygen atoms in total. The lowest BCUT2D eigenvalue weighted by Gasteiger charge is -2.42. The Morgan fingerprint density at radius 1 is 1.10 bits per heavy atom. The fraction of sp³-hybridized carbons (Fsp3) is 0.562. The number of nitriles is 1. The van der Waals surface area contributed by atoms with E-state index >= 15 is 0 Å². The van der Waals surface area contributed by atoms with E-state index in [1.165, 1.54) is 0 Å². The summed E-state index contributed by atoms with van der Waals surface area (Å²) in [6, 6.07) is 11.9. The van der Waals surface area contributed by atoms with Crippen molar-refractivity contribution in [2.75, 3.05) is 6.61 Å². The molecule has 0 aliphatic carbocycles. The van der Waals surface area contributed by atoms with Crippen LogP contribution in [0.15, 0.2) is 30.3 Å². The molecule has 0 saturated carbocycles. The van der Waals surface area contributed by atoms with Gasteiger partial charge in [-0.3, -0.25) is 0 Å². The molecule has 1 atom stereocenters. The van der Waals surface area contributed by atoms with Crippen LogP contribution in [0.25, 0.3) is 0 Å². The SMILES string of the molecule is CC(C)(C)C(C#N)(COc1ccccc1)O[Si](C)(C)C. The minimum Gasteiger partial charge on any atom is -0.489 e. The van der Waals surface area contributed by atoms with E-state index in [2.05, 4.69) is 25.7 Å². The summed E-state index contributed by atoms with van der Waals surface area (Å²) in [4.78, 5) is 0. The van der Waals surface area contributed by atoms with Crippen molar-refractivity contribution in [3.63, 3.8) is 0 Å². The number of ether oxygens (including phenoxy) is 1. The Hall–Kier alpha value is -1.31. The average Bonchev–Trinajstić information content (AvgIpc) is 2.33. The molecule has 0 aliphatic rings. The summed E-state index contributed by atoms with van der Waals surface area (Å²) < 4.78 is 12.0. The van der Waals surface area contributed by atoms with Gasteiger partial charge in [0.05, 0.1) is 0 Å². The molecule has 0 amide bonds. The molecule has 1 aromatic rings. The third-order valence-electron chi connectivity index (χ3n) is 3.06. The molecule has 1 rings (SSSR count). The molecular weight excluding hydrogens is 266 g/mol. The molecule has 0 saturated heterocycles. The number of nitrogens with zero attached hydrogens (tertiary/aromatic N) is 1. The highest BCUT2D eigenvalue weighted by molar-refractivity contribution is 6.69. The van der Waals surface area contributed by atoms with Crippen LogP contribution in [0.5, 0.6) is 5.75 Å². The number of benzene rings is 1. The predicted molar refractivity (Wildman–Crippen MR) is 84.2 cm³/mol. The lowest BCUT2D eigenvalue weighted by molar-refractivity contribution is -0.0257. The second kappa shape index (κ2) is 5.98. The van der Waals surface area contributed by atoms with Gasteiger partial charge >= 0.3 is 0 Å². The molecule has 1 unspecified atom stereocenters. The van der Waals surface area contributed by atoms with E-state index < -0.39 is 13.9 Å². The Morgan fingerprint density at radius 3 is 2.05 bits per heavy atom. The van der Waals surface area contributed by atoms with Crippen LogP contribution < -0.4 is 4.74 Å². The fourth-order valence-electron chi connectivity index (χ4n) is 1.85. The maximum atomic E-state index is 9.72. The molecule has 110 valence electrons. The lowest BCUT2D eigenvalue weighted by atomic mass is 9.78. The summed E-state index contributed by atoms with van der Waals surface area (Å²) >= 11 is 0. The molecule has 0 N–H and O–H groups in total. The van der Waals surface area contributed by atoms with Gasteiger partial charge in [0.15, 0.2) is 13.9 Å². The van der Waals surface area contributed by atoms with E-state index in [9.17, 15) is 5.26 Å². The van der Waals surface area contributed by atoms with Crippen molar-refractivity contribution >= 4 is 8.32 Å². The normalized spacial score (nSPS) is 15.2. The van der Waals surface area contributed by atoms with Crippen LogP contribution >= 0.6 is 0 Å². The van der Waals surface area contributed by atoms with Gasteiger partial charge in [-0.1, -0.05) is 39.0 Å². The number of rotatable bonds is 5. The molecule has 0 aliphatic heterocycles. The van der Waals surface area contributed by atoms with Crippen LogP contribution in [0.2, 0.25) is 19.6 Å². The van der Waals surface area contributed by atoms with Crippen LogP contribution in [-0.2, 0) is 4.43 Å². The van der Waals surface area contributed by atoms with Crippen molar-refractivity contribution in [1.82, 2.24) is 0 Å². The Bertz CT molecular complexity index is 468. The first-order valence-corrected chi connectivity index (χ1v) is 10.3. The molecule has 0 radical (unpaired) electrons. The van der Waals surface area contributed by atoms with E-state index in [1.54, 1.807) is 0 Å². The first-order chi connectivity index (χ1) is 9.10. The smallest absolute Gasteiger partial charge is 0.186 e. The monoisotopic (exact) mass is 291 g/mol. The first kappa shape index (κ1) is 16.7. The van der Waals surface area contributed by atoms with Crippen molar-refractivity contribution in [2.24, 2.45) is 5.41 Å². The molecular formula is C16H25NO2Si. The quantitative estimate of drug-likeness (QED) is 0.763. The average molecular weight is 291 g/mol. The van der Waals surface area contributed by atoms with Crippen LogP contribution in [0, 0.1) is 16.7 Å². The van der Waals surface area contributed by atoms with Gasteiger partial charge in [0.2, 0.25) is 0 Å². The van der Waals surface area contributed by atoms with Gasteiger partial charge in [-0.05, 0) is 31.8 Å². The van der Waals surface area contributed by atoms with E-state index in [-0.39, 0.29) is 12.0 Å². The maximum Gasteiger partial charge on any atom is 0.186 e. The van der Waals surface area contributed by atoms with Crippen LogP contribution in [0.1, 0.15) is 20.8 Å². The Kier molecular flexibility index (Phi) is 5.01. The van der Waals surface area contributed by atoms with Crippen molar-refractivity contribution in [3.8, 4) is 11.8 Å². The van der Waals surface area contributed by atoms with E-state index in [0.29, 0.717) is 0 Å². The fourth-order valence-corrected chi connectivity index (χ4v) is 3.30. The van der Waals surface area contributed by atoms with Crippen molar-refractivity contribution < 1.29 is 9.16 Å². The van der Waals surface area contributed by atoms with Gasteiger partial charge in [-0.25, -0.2) is 0 Å². The standard InChI is InChI=1S/C16H25NO2Si/c1-15(2,3)16(12-17,19-20(4,5)6)13-18-14-10-8-7-9-11-14/h7-11H,13H2,1-6H3. The van der Waals surface area contributed by atoms with Crippen LogP contribution in [-0.4, -0.2) is 20.5 Å². The summed E-state index contributed by atoms with van der Waals surface area (Å²) in [5.41, 5.74) is -1.26. The second-order valence-electron chi connectivity index (χ2n) is 7.00. The second-order valence-corrected chi connectivity index (χ2v) is 11.4. The molecule has 0 bridgehead atoms. The van der Waals surface area contributed by atoms with Gasteiger partial charge in [0, 0.05) is 5.41 Å². The third kappa shape index (κ3) is 4.36. The zero-order valence-electron chi connectivity index (χ0n) is 13.4. The molecule has 4 heteroatoms. The molecule has 0 aromatic heterocycles. The number of hydrogen-bond acceptors (Lipinski definition) is 3. The largest absolute Gasteiger partial charge is 0.489 e. The zero-order valence-corrected chi connectivity index (χ0v) is 14.4. The van der Waals surface area contributed by atoms with Crippen molar-refractivity contribution in [1.29, 1.82) is 5.26 Å². The Balaban J connectivity index is 2.97. The van der Waals surface area contributed by atoms with Gasteiger partial charge < -0.3 is 9.16 Å². The highest BCUT2D eigenvalue weighted by Crippen LogP contribution is 2.36. The molecule has 0 spiro atoms. The van der Waals surface area contributed by atoms with Gasteiger partial charge in [0.1, 0.15) is 18.4 Å². The summed E-state index contributed by atoms with van der Waals surface area (Å²) in [7, 11) is -1.86. The molecule has 1 aromatic carbocycles. The summed E-state index contributed by atoms with van der Waals surface area (Å²) in [6.07, 6.45) is 0. The minimum absolute atomic E-state index is 0.237. The number of para-hydroxylation sites is 1. The van der Waals surface area contributed by atoms with Gasteiger partial charge in [-0.15, -0.1) is 0 Å². The van der Waals surface area contributed by atoms with E-state index in [0.717, 1.165) is 5.75 Å². The maximum absolute atomic E-state index is 9.72. The Morgan fingerprint density at radius 2 is 1.65 bits per heavy atom. The van der Waals surface area contributed by atoms with E-state index in [1.807, 2.05) is 51.1 Å². The topological polar surface area (TPSA) is 42.2 Å². The summed E-state index contributed by atoms with van der Waals surface area (Å²) in [6.45, 7) is 12.6. The molecule has 20 heavy (non-hydrogen) atoms. The highest BCUT2D eigenvalue weighted by atomic mass is 28.4. The predicted octanol–water partition coefficient (Wildman–Crippen LogP) is 4.23. The van der Waals surface area contributed by atoms with Crippen LogP contribution in [0.4, 0.5) is 0 Å². The summed E-state index contributed by atoms with van der Waals surface area (Å²) in [5.74, 6) is 0.760. The highest BCUT2D eigenvalue weighted by Gasteiger charge is 2.47. The Labute approximate surface area is 123 Å². The van der Waals surface area contributed by atoms with Crippen molar-refractivity contribution in [2.45, 2.75) is 46.0 Å². The summed E-state index contributed by atoms with van der Waals surface area (Å²) in [5, 5.41) is 9.72. The first-order valence-electron chi connectivity index (χ1n) is 6.89. The third-order valence-corrected chi connectivity index (χ3v) is 4.02. The van der Waals surface area contributed by atoms with Gasteiger partial charge in [-0.2, -0.15) is 5.26 Å². The van der Waals surface area contributed by atoms with Crippen LogP contribution in [0.3, 0.4) is 0 Å². The minimum atomic E-state index is -1.86. The van der Waals surface area contributed by atoms with Crippen molar-refractivity contribution in [3.05, 3.63) is 30.3 Å². The van der Waals surface area contributed by atoms with E-state index in [4.69, 9.17) is 9.16 Å². The molecule has 0 fully saturated rings.